The largest absolute Gasteiger partial charge is 0.312 e. The van der Waals surface area contributed by atoms with Gasteiger partial charge in [-0.15, -0.1) is 0 Å². The van der Waals surface area contributed by atoms with Crippen LogP contribution in [0.15, 0.2) is 24.4 Å². The van der Waals surface area contributed by atoms with E-state index in [0.717, 1.165) is 25.7 Å². The second-order valence-electron chi connectivity index (χ2n) is 5.13. The number of likely N-dealkylation sites (N-methyl/N-ethyl adjacent to an activating group) is 1. The van der Waals surface area contributed by atoms with Gasteiger partial charge in [-0.3, -0.25) is 9.88 Å². The highest BCUT2D eigenvalue weighted by atomic mass is 15.2. The number of pyridine rings is 1. The third kappa shape index (κ3) is 4.07. The molecule has 1 saturated carbocycles. The molecular weight excluding hydrogens is 222 g/mol. The highest BCUT2D eigenvalue weighted by molar-refractivity contribution is 5.03. The van der Waals surface area contributed by atoms with Crippen LogP contribution in [0.5, 0.6) is 0 Å². The maximum absolute atomic E-state index is 4.43. The van der Waals surface area contributed by atoms with E-state index in [1.807, 2.05) is 12.3 Å². The van der Waals surface area contributed by atoms with E-state index in [9.17, 15) is 0 Å². The van der Waals surface area contributed by atoms with Crippen LogP contribution in [0.25, 0.3) is 0 Å². The number of hydrogen-bond donors (Lipinski definition) is 1. The first kappa shape index (κ1) is 13.5. The average Bonchev–Trinajstić information content (AvgIpc) is 3.23. The molecule has 0 saturated heterocycles. The highest BCUT2D eigenvalue weighted by Crippen LogP contribution is 2.19. The van der Waals surface area contributed by atoms with E-state index in [1.54, 1.807) is 0 Å². The van der Waals surface area contributed by atoms with Gasteiger partial charge in [0.25, 0.3) is 0 Å². The summed E-state index contributed by atoms with van der Waals surface area (Å²) >= 11 is 0. The SMILES string of the molecule is CCC(CNC1CC1)N(CC)Cc1ccccn1. The number of rotatable bonds is 8. The fourth-order valence-corrected chi connectivity index (χ4v) is 2.32. The lowest BCUT2D eigenvalue weighted by Gasteiger charge is -2.30. The van der Waals surface area contributed by atoms with Crippen LogP contribution >= 0.6 is 0 Å². The van der Waals surface area contributed by atoms with Gasteiger partial charge >= 0.3 is 0 Å². The smallest absolute Gasteiger partial charge is 0.0544 e. The summed E-state index contributed by atoms with van der Waals surface area (Å²) < 4.78 is 0. The van der Waals surface area contributed by atoms with Crippen LogP contribution in [0, 0.1) is 0 Å². The van der Waals surface area contributed by atoms with Gasteiger partial charge in [0.05, 0.1) is 5.69 Å². The average molecular weight is 247 g/mol. The lowest BCUT2D eigenvalue weighted by molar-refractivity contribution is 0.185. The molecule has 1 N–H and O–H groups in total. The van der Waals surface area contributed by atoms with Gasteiger partial charge < -0.3 is 5.32 Å². The first-order valence-electron chi connectivity index (χ1n) is 7.20. The fraction of sp³-hybridized carbons (Fsp3) is 0.667. The Bertz CT molecular complexity index is 335. The normalized spacial score (nSPS) is 17.1. The number of aromatic nitrogens is 1. The maximum Gasteiger partial charge on any atom is 0.0544 e. The summed E-state index contributed by atoms with van der Waals surface area (Å²) in [6, 6.07) is 7.58. The number of nitrogens with one attached hydrogen (secondary N) is 1. The highest BCUT2D eigenvalue weighted by Gasteiger charge is 2.23. The summed E-state index contributed by atoms with van der Waals surface area (Å²) in [7, 11) is 0. The van der Waals surface area contributed by atoms with Gasteiger partial charge in [-0.25, -0.2) is 0 Å². The minimum absolute atomic E-state index is 0.623. The Morgan fingerprint density at radius 2 is 2.22 bits per heavy atom. The predicted molar refractivity (Wildman–Crippen MR) is 75.4 cm³/mol. The molecule has 1 aliphatic carbocycles. The van der Waals surface area contributed by atoms with Gasteiger partial charge in [-0.2, -0.15) is 0 Å². The van der Waals surface area contributed by atoms with Gasteiger partial charge in [-0.1, -0.05) is 19.9 Å². The Kier molecular flexibility index (Phi) is 5.14. The molecule has 1 unspecified atom stereocenters. The van der Waals surface area contributed by atoms with E-state index < -0.39 is 0 Å². The lowest BCUT2D eigenvalue weighted by atomic mass is 10.1. The molecule has 0 amide bonds. The minimum Gasteiger partial charge on any atom is -0.312 e. The molecule has 1 fully saturated rings. The molecule has 100 valence electrons. The van der Waals surface area contributed by atoms with Crippen molar-refractivity contribution in [2.24, 2.45) is 0 Å². The summed E-state index contributed by atoms with van der Waals surface area (Å²) in [4.78, 5) is 6.95. The van der Waals surface area contributed by atoms with Gasteiger partial charge in [0.1, 0.15) is 0 Å². The van der Waals surface area contributed by atoms with Crippen molar-refractivity contribution in [1.82, 2.24) is 15.2 Å². The third-order valence-corrected chi connectivity index (χ3v) is 3.70. The second-order valence-corrected chi connectivity index (χ2v) is 5.13. The number of nitrogens with zero attached hydrogens (tertiary/aromatic N) is 2. The van der Waals surface area contributed by atoms with Crippen LogP contribution in [0.4, 0.5) is 0 Å². The quantitative estimate of drug-likeness (QED) is 0.765. The molecule has 1 heterocycles. The number of hydrogen-bond acceptors (Lipinski definition) is 3. The van der Waals surface area contributed by atoms with Crippen molar-refractivity contribution in [2.45, 2.75) is 51.7 Å². The molecule has 0 spiro atoms. The topological polar surface area (TPSA) is 28.2 Å². The van der Waals surface area contributed by atoms with E-state index in [2.05, 4.69) is 41.2 Å². The summed E-state index contributed by atoms with van der Waals surface area (Å²) in [5.41, 5.74) is 1.17. The Labute approximate surface area is 111 Å². The van der Waals surface area contributed by atoms with Crippen LogP contribution < -0.4 is 5.32 Å². The zero-order chi connectivity index (χ0) is 12.8. The Hall–Kier alpha value is -0.930. The first-order valence-corrected chi connectivity index (χ1v) is 7.20. The van der Waals surface area contributed by atoms with Gasteiger partial charge in [0, 0.05) is 31.4 Å². The molecule has 0 aliphatic heterocycles. The van der Waals surface area contributed by atoms with Crippen molar-refractivity contribution >= 4 is 0 Å². The molecule has 0 bridgehead atoms. The van der Waals surface area contributed by atoms with E-state index >= 15 is 0 Å². The molecule has 2 rings (SSSR count). The van der Waals surface area contributed by atoms with Gasteiger partial charge in [0.2, 0.25) is 0 Å². The summed E-state index contributed by atoms with van der Waals surface area (Å²) in [6.07, 6.45) is 5.80. The van der Waals surface area contributed by atoms with Crippen molar-refractivity contribution in [1.29, 1.82) is 0 Å². The zero-order valence-corrected chi connectivity index (χ0v) is 11.6. The predicted octanol–water partition coefficient (Wildman–Crippen LogP) is 2.43. The molecule has 1 aromatic heterocycles. The molecule has 1 aliphatic rings. The van der Waals surface area contributed by atoms with Crippen molar-refractivity contribution in [3.8, 4) is 0 Å². The van der Waals surface area contributed by atoms with E-state index in [-0.39, 0.29) is 0 Å². The second kappa shape index (κ2) is 6.86. The van der Waals surface area contributed by atoms with Crippen LogP contribution in [-0.4, -0.2) is 35.1 Å². The Morgan fingerprint density at radius 1 is 1.39 bits per heavy atom. The lowest BCUT2D eigenvalue weighted by Crippen LogP contribution is -2.42. The van der Waals surface area contributed by atoms with Crippen molar-refractivity contribution in [3.05, 3.63) is 30.1 Å². The molecule has 3 heteroatoms. The monoisotopic (exact) mass is 247 g/mol. The summed E-state index contributed by atoms with van der Waals surface area (Å²) in [5.74, 6) is 0. The molecule has 0 aromatic carbocycles. The molecule has 1 aromatic rings. The fourth-order valence-electron chi connectivity index (χ4n) is 2.32. The Morgan fingerprint density at radius 3 is 2.78 bits per heavy atom. The van der Waals surface area contributed by atoms with E-state index in [4.69, 9.17) is 0 Å². The standard InChI is InChI=1S/C15H25N3/c1-3-15(11-17-13-8-9-13)18(4-2)12-14-7-5-6-10-16-14/h5-7,10,13,15,17H,3-4,8-9,11-12H2,1-2H3. The molecule has 1 atom stereocenters. The van der Waals surface area contributed by atoms with Crippen molar-refractivity contribution in [3.63, 3.8) is 0 Å². The van der Waals surface area contributed by atoms with Crippen LogP contribution in [0.2, 0.25) is 0 Å². The molecule has 18 heavy (non-hydrogen) atoms. The van der Waals surface area contributed by atoms with Crippen molar-refractivity contribution < 1.29 is 0 Å². The summed E-state index contributed by atoms with van der Waals surface area (Å²) in [6.45, 7) is 7.68. The van der Waals surface area contributed by atoms with Crippen LogP contribution in [0.3, 0.4) is 0 Å². The van der Waals surface area contributed by atoms with Gasteiger partial charge in [0.15, 0.2) is 0 Å². The summed E-state index contributed by atoms with van der Waals surface area (Å²) in [5, 5.41) is 3.65. The van der Waals surface area contributed by atoms with Crippen LogP contribution in [0.1, 0.15) is 38.8 Å². The maximum atomic E-state index is 4.43. The van der Waals surface area contributed by atoms with Gasteiger partial charge in [-0.05, 0) is 37.9 Å². The van der Waals surface area contributed by atoms with E-state index in [1.165, 1.54) is 25.0 Å². The molecule has 3 nitrogen and oxygen atoms in total. The van der Waals surface area contributed by atoms with Crippen LogP contribution in [-0.2, 0) is 6.54 Å². The van der Waals surface area contributed by atoms with E-state index in [0.29, 0.717) is 6.04 Å². The first-order chi connectivity index (χ1) is 8.83. The minimum atomic E-state index is 0.623. The van der Waals surface area contributed by atoms with Crippen molar-refractivity contribution in [2.75, 3.05) is 13.1 Å². The molecule has 0 radical (unpaired) electrons. The Balaban J connectivity index is 1.87. The third-order valence-electron chi connectivity index (χ3n) is 3.70. The molecular formula is C15H25N3. The zero-order valence-electron chi connectivity index (χ0n) is 11.6.